The maximum atomic E-state index is 5.64. The molecule has 1 aromatic rings. The Bertz CT molecular complexity index is 243. The van der Waals surface area contributed by atoms with Gasteiger partial charge in [-0.25, -0.2) is 0 Å². The van der Waals surface area contributed by atoms with E-state index in [1.807, 2.05) is 6.07 Å². The van der Waals surface area contributed by atoms with Crippen LogP contribution in [0.2, 0.25) is 0 Å². The Morgan fingerprint density at radius 2 is 2.00 bits per heavy atom. The highest BCUT2D eigenvalue weighted by Crippen LogP contribution is 2.05. The Hall–Kier alpha value is -0.820. The van der Waals surface area contributed by atoms with E-state index in [-0.39, 0.29) is 6.10 Å². The zero-order chi connectivity index (χ0) is 10.9. The molecule has 1 unspecified atom stereocenters. The number of benzene rings is 1. The van der Waals surface area contributed by atoms with Gasteiger partial charge in [-0.15, -0.1) is 0 Å². The van der Waals surface area contributed by atoms with Gasteiger partial charge in [-0.05, 0) is 25.3 Å². The minimum Gasteiger partial charge on any atom is -0.378 e. The second-order valence-electron chi connectivity index (χ2n) is 3.87. The number of ether oxygens (including phenoxy) is 1. The van der Waals surface area contributed by atoms with Gasteiger partial charge in [0.1, 0.15) is 0 Å². The van der Waals surface area contributed by atoms with E-state index >= 15 is 0 Å². The highest BCUT2D eigenvalue weighted by atomic mass is 16.5. The normalized spacial score (nSPS) is 12.7. The summed E-state index contributed by atoms with van der Waals surface area (Å²) in [7, 11) is 0. The molecule has 1 heteroatoms. The van der Waals surface area contributed by atoms with E-state index in [0.717, 1.165) is 19.4 Å². The van der Waals surface area contributed by atoms with Crippen LogP contribution in [0.3, 0.4) is 0 Å². The number of hydrogen-bond acceptors (Lipinski definition) is 1. The van der Waals surface area contributed by atoms with Crippen LogP contribution in [-0.2, 0) is 11.2 Å². The van der Waals surface area contributed by atoms with Crippen molar-refractivity contribution in [2.45, 2.75) is 38.7 Å². The van der Waals surface area contributed by atoms with Crippen molar-refractivity contribution in [3.63, 3.8) is 0 Å². The summed E-state index contributed by atoms with van der Waals surface area (Å²) in [5.74, 6) is 0. The number of hydrogen-bond donors (Lipinski definition) is 0. The molecule has 83 valence electrons. The highest BCUT2D eigenvalue weighted by molar-refractivity contribution is 5.14. The SMILES string of the molecule is [CH2]C(CCCC)OCCc1ccccc1. The first kappa shape index (κ1) is 12.3. The first-order valence-electron chi connectivity index (χ1n) is 5.81. The maximum absolute atomic E-state index is 5.64. The van der Waals surface area contributed by atoms with Gasteiger partial charge in [0.05, 0.1) is 12.7 Å². The summed E-state index contributed by atoms with van der Waals surface area (Å²) >= 11 is 0. The Morgan fingerprint density at radius 1 is 1.27 bits per heavy atom. The van der Waals surface area contributed by atoms with Crippen molar-refractivity contribution in [3.05, 3.63) is 42.8 Å². The summed E-state index contributed by atoms with van der Waals surface area (Å²) in [4.78, 5) is 0. The maximum Gasteiger partial charge on any atom is 0.0576 e. The molecule has 0 saturated carbocycles. The Balaban J connectivity index is 2.11. The lowest BCUT2D eigenvalue weighted by Gasteiger charge is -2.12. The van der Waals surface area contributed by atoms with Crippen LogP contribution in [0.1, 0.15) is 31.7 Å². The van der Waals surface area contributed by atoms with Crippen LogP contribution < -0.4 is 0 Å². The van der Waals surface area contributed by atoms with Crippen molar-refractivity contribution in [3.8, 4) is 0 Å². The van der Waals surface area contributed by atoms with Crippen molar-refractivity contribution in [2.24, 2.45) is 0 Å². The summed E-state index contributed by atoms with van der Waals surface area (Å²) in [6.45, 7) is 6.96. The van der Waals surface area contributed by atoms with E-state index in [1.165, 1.54) is 18.4 Å². The number of unbranched alkanes of at least 4 members (excludes halogenated alkanes) is 1. The Labute approximate surface area is 93.5 Å². The van der Waals surface area contributed by atoms with Crippen LogP contribution >= 0.6 is 0 Å². The zero-order valence-corrected chi connectivity index (χ0v) is 9.61. The molecule has 1 rings (SSSR count). The van der Waals surface area contributed by atoms with Crippen LogP contribution in [0, 0.1) is 6.92 Å². The van der Waals surface area contributed by atoms with Gasteiger partial charge in [0.2, 0.25) is 0 Å². The molecule has 0 aliphatic rings. The quantitative estimate of drug-likeness (QED) is 0.660. The molecule has 1 atom stereocenters. The molecule has 0 amide bonds. The lowest BCUT2D eigenvalue weighted by Crippen LogP contribution is -2.10. The third kappa shape index (κ3) is 5.58. The molecule has 1 nitrogen and oxygen atoms in total. The van der Waals surface area contributed by atoms with Crippen LogP contribution in [0.4, 0.5) is 0 Å². The smallest absolute Gasteiger partial charge is 0.0576 e. The molecule has 0 bridgehead atoms. The fourth-order valence-corrected chi connectivity index (χ4v) is 1.50. The van der Waals surface area contributed by atoms with E-state index in [0.29, 0.717) is 0 Å². The fourth-order valence-electron chi connectivity index (χ4n) is 1.50. The van der Waals surface area contributed by atoms with Crippen molar-refractivity contribution < 1.29 is 4.74 Å². The standard InChI is InChI=1S/C14H21O/c1-3-4-8-13(2)15-12-11-14-9-6-5-7-10-14/h5-7,9-10,13H,2-4,8,11-12H2,1H3. The van der Waals surface area contributed by atoms with Crippen LogP contribution in [0.5, 0.6) is 0 Å². The summed E-state index contributed by atoms with van der Waals surface area (Å²) < 4.78 is 5.64. The molecule has 0 fully saturated rings. The van der Waals surface area contributed by atoms with Gasteiger partial charge in [0.25, 0.3) is 0 Å². The first-order chi connectivity index (χ1) is 7.33. The predicted octanol–water partition coefficient (Wildman–Crippen LogP) is 3.64. The lowest BCUT2D eigenvalue weighted by atomic mass is 10.1. The second kappa shape index (κ2) is 7.47. The third-order valence-electron chi connectivity index (χ3n) is 2.47. The van der Waals surface area contributed by atoms with Crippen LogP contribution in [0.15, 0.2) is 30.3 Å². The van der Waals surface area contributed by atoms with E-state index in [9.17, 15) is 0 Å². The molecular weight excluding hydrogens is 184 g/mol. The summed E-state index contributed by atoms with van der Waals surface area (Å²) in [5, 5.41) is 0. The average Bonchev–Trinajstić information content (AvgIpc) is 2.28. The summed E-state index contributed by atoms with van der Waals surface area (Å²) in [6.07, 6.45) is 4.64. The third-order valence-corrected chi connectivity index (χ3v) is 2.47. The van der Waals surface area contributed by atoms with E-state index in [4.69, 9.17) is 4.74 Å². The van der Waals surface area contributed by atoms with Gasteiger partial charge in [-0.2, -0.15) is 0 Å². The molecule has 0 N–H and O–H groups in total. The van der Waals surface area contributed by atoms with Crippen LogP contribution in [0.25, 0.3) is 0 Å². The molecule has 0 heterocycles. The van der Waals surface area contributed by atoms with E-state index in [1.54, 1.807) is 0 Å². The van der Waals surface area contributed by atoms with Gasteiger partial charge < -0.3 is 4.74 Å². The van der Waals surface area contributed by atoms with E-state index in [2.05, 4.69) is 38.1 Å². The average molecular weight is 205 g/mol. The molecule has 0 aliphatic carbocycles. The van der Waals surface area contributed by atoms with Gasteiger partial charge in [-0.1, -0.05) is 50.1 Å². The minimum atomic E-state index is 0.161. The first-order valence-corrected chi connectivity index (χ1v) is 5.81. The molecule has 0 aliphatic heterocycles. The van der Waals surface area contributed by atoms with Crippen molar-refractivity contribution in [2.75, 3.05) is 6.61 Å². The zero-order valence-electron chi connectivity index (χ0n) is 9.61. The largest absolute Gasteiger partial charge is 0.378 e. The number of rotatable bonds is 7. The topological polar surface area (TPSA) is 9.23 Å². The fraction of sp³-hybridized carbons (Fsp3) is 0.500. The van der Waals surface area contributed by atoms with Gasteiger partial charge in [-0.3, -0.25) is 0 Å². The lowest BCUT2D eigenvalue weighted by molar-refractivity contribution is 0.0785. The molecule has 0 spiro atoms. The summed E-state index contributed by atoms with van der Waals surface area (Å²) in [6, 6.07) is 10.4. The molecule has 1 aromatic carbocycles. The van der Waals surface area contributed by atoms with Gasteiger partial charge in [0.15, 0.2) is 0 Å². The molecule has 0 aromatic heterocycles. The summed E-state index contributed by atoms with van der Waals surface area (Å²) in [5.41, 5.74) is 1.33. The van der Waals surface area contributed by atoms with Gasteiger partial charge in [0, 0.05) is 0 Å². The second-order valence-corrected chi connectivity index (χ2v) is 3.87. The minimum absolute atomic E-state index is 0.161. The molecule has 0 saturated heterocycles. The van der Waals surface area contributed by atoms with Crippen molar-refractivity contribution in [1.82, 2.24) is 0 Å². The predicted molar refractivity (Wildman–Crippen MR) is 64.8 cm³/mol. The van der Waals surface area contributed by atoms with Crippen molar-refractivity contribution in [1.29, 1.82) is 0 Å². The molecule has 1 radical (unpaired) electrons. The monoisotopic (exact) mass is 205 g/mol. The molecular formula is C14H21O. The Kier molecular flexibility index (Phi) is 6.10. The van der Waals surface area contributed by atoms with Crippen LogP contribution in [-0.4, -0.2) is 12.7 Å². The Morgan fingerprint density at radius 3 is 2.67 bits per heavy atom. The highest BCUT2D eigenvalue weighted by Gasteiger charge is 2.01. The van der Waals surface area contributed by atoms with E-state index < -0.39 is 0 Å². The van der Waals surface area contributed by atoms with Gasteiger partial charge >= 0.3 is 0 Å². The van der Waals surface area contributed by atoms with Crippen molar-refractivity contribution >= 4 is 0 Å². The molecule has 15 heavy (non-hydrogen) atoms.